The lowest BCUT2D eigenvalue weighted by atomic mass is 10.0. The molecule has 2 aromatic carbocycles. The van der Waals surface area contributed by atoms with E-state index in [1.807, 2.05) is 48.6 Å². The predicted molar refractivity (Wildman–Crippen MR) is 112 cm³/mol. The SMILES string of the molecule is CC(C)[C@H]1COC(=O)N1/N=C/c1c(OC/C=C/CBr)ccc2ccccc12. The molecule has 1 heterocycles. The van der Waals surface area contributed by atoms with Crippen LogP contribution in [0.5, 0.6) is 5.75 Å². The lowest BCUT2D eigenvalue weighted by Crippen LogP contribution is -2.33. The summed E-state index contributed by atoms with van der Waals surface area (Å²) in [6, 6.07) is 12.0. The van der Waals surface area contributed by atoms with Gasteiger partial charge in [-0.1, -0.05) is 72.3 Å². The van der Waals surface area contributed by atoms with E-state index in [1.54, 1.807) is 6.21 Å². The lowest BCUT2D eigenvalue weighted by Gasteiger charge is -2.19. The number of carbonyl (C=O) groups is 1. The minimum Gasteiger partial charge on any atom is -0.489 e. The van der Waals surface area contributed by atoms with Crippen molar-refractivity contribution >= 4 is 39.0 Å². The zero-order chi connectivity index (χ0) is 19.2. The minimum atomic E-state index is -0.409. The number of carbonyl (C=O) groups excluding carboxylic acids is 1. The summed E-state index contributed by atoms with van der Waals surface area (Å²) in [6.45, 7) is 4.94. The summed E-state index contributed by atoms with van der Waals surface area (Å²) in [5.74, 6) is 0.983. The second-order valence-corrected chi connectivity index (χ2v) is 7.26. The highest BCUT2D eigenvalue weighted by Crippen LogP contribution is 2.28. The number of benzene rings is 2. The van der Waals surface area contributed by atoms with E-state index in [4.69, 9.17) is 9.47 Å². The molecule has 0 spiro atoms. The van der Waals surface area contributed by atoms with Gasteiger partial charge in [0.2, 0.25) is 0 Å². The Morgan fingerprint density at radius 3 is 2.89 bits per heavy atom. The molecule has 1 fully saturated rings. The van der Waals surface area contributed by atoms with E-state index >= 15 is 0 Å². The second-order valence-electron chi connectivity index (χ2n) is 6.61. The van der Waals surface area contributed by atoms with Crippen molar-refractivity contribution in [2.45, 2.75) is 19.9 Å². The minimum absolute atomic E-state index is 0.0602. The third-order valence-corrected chi connectivity index (χ3v) is 4.85. The molecule has 27 heavy (non-hydrogen) atoms. The molecule has 6 heteroatoms. The smallest absolute Gasteiger partial charge is 0.430 e. The summed E-state index contributed by atoms with van der Waals surface area (Å²) in [7, 11) is 0. The molecule has 1 aliphatic rings. The fourth-order valence-corrected chi connectivity index (χ4v) is 3.22. The molecule has 0 aliphatic carbocycles. The Bertz CT molecular complexity index is 864. The van der Waals surface area contributed by atoms with Gasteiger partial charge in [-0.25, -0.2) is 4.79 Å². The summed E-state index contributed by atoms with van der Waals surface area (Å²) < 4.78 is 11.1. The number of hydrazone groups is 1. The predicted octanol–water partition coefficient (Wildman–Crippen LogP) is 4.98. The van der Waals surface area contributed by atoms with Crippen molar-refractivity contribution in [3.63, 3.8) is 0 Å². The fraction of sp³-hybridized carbons (Fsp3) is 0.333. The highest BCUT2D eigenvalue weighted by Gasteiger charge is 2.35. The molecule has 0 N–H and O–H groups in total. The molecule has 0 unspecified atom stereocenters. The van der Waals surface area contributed by atoms with E-state index in [1.165, 1.54) is 5.01 Å². The topological polar surface area (TPSA) is 51.1 Å². The molecular formula is C21H23BrN2O3. The van der Waals surface area contributed by atoms with Gasteiger partial charge in [0.15, 0.2) is 0 Å². The Balaban J connectivity index is 1.95. The third-order valence-electron chi connectivity index (χ3n) is 4.48. The number of alkyl halides is 1. The molecule has 5 nitrogen and oxygen atoms in total. The van der Waals surface area contributed by atoms with Gasteiger partial charge in [0, 0.05) is 10.9 Å². The van der Waals surface area contributed by atoms with Crippen LogP contribution in [-0.2, 0) is 4.74 Å². The number of rotatable bonds is 7. The number of hydrogen-bond acceptors (Lipinski definition) is 4. The van der Waals surface area contributed by atoms with Gasteiger partial charge in [-0.05, 0) is 22.8 Å². The van der Waals surface area contributed by atoms with Crippen LogP contribution in [0.15, 0.2) is 53.7 Å². The average molecular weight is 431 g/mol. The maximum atomic E-state index is 12.0. The molecule has 1 atom stereocenters. The van der Waals surface area contributed by atoms with Gasteiger partial charge in [0.1, 0.15) is 19.0 Å². The number of amides is 1. The highest BCUT2D eigenvalue weighted by atomic mass is 79.9. The first-order chi connectivity index (χ1) is 13.1. The van der Waals surface area contributed by atoms with Crippen LogP contribution in [0.2, 0.25) is 0 Å². The maximum absolute atomic E-state index is 12.0. The summed E-state index contributed by atoms with van der Waals surface area (Å²) in [6.07, 6.45) is 5.24. The lowest BCUT2D eigenvalue weighted by molar-refractivity contribution is 0.158. The number of halogens is 1. The van der Waals surface area contributed by atoms with Crippen LogP contribution in [0.25, 0.3) is 10.8 Å². The Morgan fingerprint density at radius 2 is 2.11 bits per heavy atom. The van der Waals surface area contributed by atoms with Crippen LogP contribution in [0, 0.1) is 5.92 Å². The van der Waals surface area contributed by atoms with E-state index in [0.717, 1.165) is 27.4 Å². The van der Waals surface area contributed by atoms with E-state index in [9.17, 15) is 4.79 Å². The second kappa shape index (κ2) is 9.04. The number of cyclic esters (lactones) is 1. The van der Waals surface area contributed by atoms with Crippen LogP contribution in [0.1, 0.15) is 19.4 Å². The Kier molecular flexibility index (Phi) is 6.50. The molecule has 0 radical (unpaired) electrons. The van der Waals surface area contributed by atoms with Gasteiger partial charge in [-0.2, -0.15) is 10.1 Å². The van der Waals surface area contributed by atoms with E-state index in [2.05, 4.69) is 34.9 Å². The van der Waals surface area contributed by atoms with Crippen molar-refractivity contribution in [2.24, 2.45) is 11.0 Å². The van der Waals surface area contributed by atoms with Gasteiger partial charge in [-0.3, -0.25) is 0 Å². The van der Waals surface area contributed by atoms with E-state index in [0.29, 0.717) is 13.2 Å². The molecule has 1 aliphatic heterocycles. The van der Waals surface area contributed by atoms with Crippen molar-refractivity contribution in [3.05, 3.63) is 54.1 Å². The quantitative estimate of drug-likeness (QED) is 0.353. The largest absolute Gasteiger partial charge is 0.489 e. The number of allylic oxidation sites excluding steroid dienone is 1. The van der Waals surface area contributed by atoms with Crippen LogP contribution in [0.4, 0.5) is 4.79 Å². The average Bonchev–Trinajstić information content (AvgIpc) is 3.04. The molecule has 1 amide bonds. The van der Waals surface area contributed by atoms with Gasteiger partial charge >= 0.3 is 6.09 Å². The van der Waals surface area contributed by atoms with Crippen molar-refractivity contribution < 1.29 is 14.3 Å². The van der Waals surface area contributed by atoms with Gasteiger partial charge in [0.25, 0.3) is 0 Å². The van der Waals surface area contributed by atoms with Crippen molar-refractivity contribution in [1.29, 1.82) is 0 Å². The maximum Gasteiger partial charge on any atom is 0.430 e. The molecule has 0 bridgehead atoms. The molecule has 1 saturated heterocycles. The number of fused-ring (bicyclic) bond motifs is 1. The first kappa shape index (κ1) is 19.4. The fourth-order valence-electron chi connectivity index (χ4n) is 2.96. The summed E-state index contributed by atoms with van der Waals surface area (Å²) in [4.78, 5) is 12.0. The Labute approximate surface area is 167 Å². The number of nitrogens with zero attached hydrogens (tertiary/aromatic N) is 2. The first-order valence-corrected chi connectivity index (χ1v) is 10.1. The number of hydrogen-bond donors (Lipinski definition) is 0. The van der Waals surface area contributed by atoms with Gasteiger partial charge in [0.05, 0.1) is 12.3 Å². The van der Waals surface area contributed by atoms with Crippen molar-refractivity contribution in [3.8, 4) is 5.75 Å². The zero-order valence-electron chi connectivity index (χ0n) is 15.5. The van der Waals surface area contributed by atoms with E-state index < -0.39 is 6.09 Å². The van der Waals surface area contributed by atoms with E-state index in [-0.39, 0.29) is 12.0 Å². The molecule has 3 rings (SSSR count). The Hall–Kier alpha value is -2.34. The molecule has 0 saturated carbocycles. The molecular weight excluding hydrogens is 408 g/mol. The first-order valence-electron chi connectivity index (χ1n) is 8.97. The molecule has 142 valence electrons. The van der Waals surface area contributed by atoms with Crippen molar-refractivity contribution in [2.75, 3.05) is 18.5 Å². The zero-order valence-corrected chi connectivity index (χ0v) is 17.1. The highest BCUT2D eigenvalue weighted by molar-refractivity contribution is 9.09. The van der Waals surface area contributed by atoms with Crippen LogP contribution < -0.4 is 4.74 Å². The summed E-state index contributed by atoms with van der Waals surface area (Å²) >= 11 is 3.36. The third kappa shape index (κ3) is 4.50. The van der Waals surface area contributed by atoms with Gasteiger partial charge in [-0.15, -0.1) is 0 Å². The molecule has 0 aromatic heterocycles. The summed E-state index contributed by atoms with van der Waals surface area (Å²) in [5, 5.41) is 8.79. The normalized spacial score (nSPS) is 17.6. The van der Waals surface area contributed by atoms with Crippen LogP contribution >= 0.6 is 15.9 Å². The summed E-state index contributed by atoms with van der Waals surface area (Å²) in [5.41, 5.74) is 0.850. The van der Waals surface area contributed by atoms with Gasteiger partial charge < -0.3 is 9.47 Å². The van der Waals surface area contributed by atoms with Crippen LogP contribution in [0.3, 0.4) is 0 Å². The van der Waals surface area contributed by atoms with Crippen LogP contribution in [-0.4, -0.2) is 41.9 Å². The molecule has 2 aromatic rings. The monoisotopic (exact) mass is 430 g/mol. The Morgan fingerprint density at radius 1 is 1.30 bits per heavy atom. The number of ether oxygens (including phenoxy) is 2. The standard InChI is InChI=1S/C21H23BrN2O3/c1-15(2)19-14-27-21(25)24(19)23-13-18-17-8-4-3-7-16(17)9-10-20(18)26-12-6-5-11-22/h3-10,13,15,19H,11-12,14H2,1-2H3/b6-5+,23-13+/t19-/m1/s1. The van der Waals surface area contributed by atoms with Crippen molar-refractivity contribution in [1.82, 2.24) is 5.01 Å².